The van der Waals surface area contributed by atoms with Crippen molar-refractivity contribution in [2.24, 2.45) is 0 Å². The molecule has 5 nitrogen and oxygen atoms in total. The summed E-state index contributed by atoms with van der Waals surface area (Å²) >= 11 is 0. The number of rotatable bonds is 5. The van der Waals surface area contributed by atoms with Crippen LogP contribution in [-0.2, 0) is 11.3 Å². The van der Waals surface area contributed by atoms with E-state index < -0.39 is 0 Å². The Morgan fingerprint density at radius 1 is 1.14 bits per heavy atom. The normalized spacial score (nSPS) is 16.7. The number of carbonyl (C=O) groups excluding carboxylic acids is 1. The third-order valence-corrected chi connectivity index (χ3v) is 5.01. The highest BCUT2D eigenvalue weighted by atomic mass is 19.1. The van der Waals surface area contributed by atoms with E-state index in [2.05, 4.69) is 10.6 Å². The molecule has 1 saturated heterocycles. The minimum Gasteiger partial charge on any atom is -0.351 e. The molecule has 6 heteroatoms. The second-order valence-corrected chi connectivity index (χ2v) is 7.01. The average Bonchev–Trinajstić information content (AvgIpc) is 3.18. The summed E-state index contributed by atoms with van der Waals surface area (Å²) in [5.41, 5.74) is 3.37. The molecule has 1 aliphatic rings. The van der Waals surface area contributed by atoms with E-state index in [1.54, 1.807) is 16.8 Å². The molecule has 28 heavy (non-hydrogen) atoms. The maximum Gasteiger partial charge on any atom is 0.237 e. The largest absolute Gasteiger partial charge is 0.351 e. The van der Waals surface area contributed by atoms with Gasteiger partial charge in [-0.05, 0) is 55.8 Å². The van der Waals surface area contributed by atoms with Crippen LogP contribution in [0.3, 0.4) is 0 Å². The molecule has 0 aliphatic carbocycles. The fourth-order valence-electron chi connectivity index (χ4n) is 3.48. The Balaban J connectivity index is 1.59. The van der Waals surface area contributed by atoms with Crippen molar-refractivity contribution in [3.63, 3.8) is 0 Å². The van der Waals surface area contributed by atoms with E-state index in [0.717, 1.165) is 48.3 Å². The minimum atomic E-state index is -0.288. The van der Waals surface area contributed by atoms with E-state index in [-0.39, 0.29) is 17.8 Å². The molecule has 0 bridgehead atoms. The van der Waals surface area contributed by atoms with Gasteiger partial charge in [-0.25, -0.2) is 9.07 Å². The van der Waals surface area contributed by atoms with E-state index in [1.807, 2.05) is 36.5 Å². The Morgan fingerprint density at radius 3 is 2.64 bits per heavy atom. The van der Waals surface area contributed by atoms with Gasteiger partial charge in [0.2, 0.25) is 5.91 Å². The highest BCUT2D eigenvalue weighted by Crippen LogP contribution is 2.24. The fraction of sp³-hybridized carbons (Fsp3) is 0.273. The minimum absolute atomic E-state index is 0.0113. The summed E-state index contributed by atoms with van der Waals surface area (Å²) in [4.78, 5) is 12.5. The first kappa shape index (κ1) is 18.4. The summed E-state index contributed by atoms with van der Waals surface area (Å²) < 4.78 is 15.1. The molecule has 0 spiro atoms. The zero-order valence-corrected chi connectivity index (χ0v) is 15.6. The number of amides is 1. The van der Waals surface area contributed by atoms with Crippen LogP contribution >= 0.6 is 0 Å². The molecule has 1 amide bonds. The van der Waals surface area contributed by atoms with Crippen LogP contribution in [0.1, 0.15) is 24.8 Å². The van der Waals surface area contributed by atoms with E-state index in [9.17, 15) is 9.18 Å². The number of carbonyl (C=O) groups is 1. The van der Waals surface area contributed by atoms with Crippen LogP contribution in [0, 0.1) is 5.82 Å². The summed E-state index contributed by atoms with van der Waals surface area (Å²) in [5.74, 6) is -0.276. The quantitative estimate of drug-likeness (QED) is 0.715. The highest BCUT2D eigenvalue weighted by Gasteiger charge is 2.21. The predicted molar refractivity (Wildman–Crippen MR) is 106 cm³/mol. The maximum atomic E-state index is 13.3. The predicted octanol–water partition coefficient (Wildman–Crippen LogP) is 3.44. The Bertz CT molecular complexity index is 931. The summed E-state index contributed by atoms with van der Waals surface area (Å²) in [6.45, 7) is 1.25. The van der Waals surface area contributed by atoms with Gasteiger partial charge in [-0.1, -0.05) is 24.6 Å². The van der Waals surface area contributed by atoms with Crippen molar-refractivity contribution < 1.29 is 9.18 Å². The number of para-hydroxylation sites is 1. The molecule has 0 radical (unpaired) electrons. The third-order valence-electron chi connectivity index (χ3n) is 5.01. The number of nitrogens with zero attached hydrogens (tertiary/aromatic N) is 2. The second-order valence-electron chi connectivity index (χ2n) is 7.01. The Hall–Kier alpha value is -2.99. The maximum absolute atomic E-state index is 13.3. The van der Waals surface area contributed by atoms with Crippen molar-refractivity contribution >= 4 is 5.91 Å². The molecule has 2 aromatic carbocycles. The van der Waals surface area contributed by atoms with Gasteiger partial charge in [0.1, 0.15) is 5.82 Å². The molecule has 2 N–H and O–H groups in total. The van der Waals surface area contributed by atoms with Crippen LogP contribution in [0.5, 0.6) is 0 Å². The number of benzene rings is 2. The summed E-state index contributed by atoms with van der Waals surface area (Å²) in [5, 5.41) is 11.0. The zero-order chi connectivity index (χ0) is 19.3. The topological polar surface area (TPSA) is 59.0 Å². The lowest BCUT2D eigenvalue weighted by Gasteiger charge is -2.22. The van der Waals surface area contributed by atoms with Crippen molar-refractivity contribution in [1.82, 2.24) is 20.4 Å². The van der Waals surface area contributed by atoms with Crippen molar-refractivity contribution in [2.45, 2.75) is 31.8 Å². The van der Waals surface area contributed by atoms with Gasteiger partial charge in [-0.15, -0.1) is 0 Å². The van der Waals surface area contributed by atoms with Crippen LogP contribution in [0.2, 0.25) is 0 Å². The Kier molecular flexibility index (Phi) is 5.48. The van der Waals surface area contributed by atoms with Crippen LogP contribution in [0.4, 0.5) is 4.39 Å². The second kappa shape index (κ2) is 8.35. The van der Waals surface area contributed by atoms with E-state index in [0.29, 0.717) is 6.54 Å². The lowest BCUT2D eigenvalue weighted by atomic mass is 10.0. The molecule has 3 aromatic rings. The number of halogens is 1. The lowest BCUT2D eigenvalue weighted by molar-refractivity contribution is -0.123. The lowest BCUT2D eigenvalue weighted by Crippen LogP contribution is -2.46. The van der Waals surface area contributed by atoms with Crippen molar-refractivity contribution in [1.29, 1.82) is 0 Å². The molecule has 144 valence electrons. The van der Waals surface area contributed by atoms with Gasteiger partial charge >= 0.3 is 0 Å². The molecule has 1 atom stereocenters. The molecule has 1 aliphatic heterocycles. The van der Waals surface area contributed by atoms with Crippen molar-refractivity contribution in [3.05, 3.63) is 72.2 Å². The third kappa shape index (κ3) is 4.12. The highest BCUT2D eigenvalue weighted by molar-refractivity contribution is 5.82. The van der Waals surface area contributed by atoms with Gasteiger partial charge in [0.05, 0.1) is 17.4 Å². The number of piperidine rings is 1. The smallest absolute Gasteiger partial charge is 0.237 e. The molecule has 0 saturated carbocycles. The van der Waals surface area contributed by atoms with Gasteiger partial charge in [0.25, 0.3) is 0 Å². The van der Waals surface area contributed by atoms with Crippen molar-refractivity contribution in [2.75, 3.05) is 6.54 Å². The van der Waals surface area contributed by atoms with Crippen LogP contribution in [-0.4, -0.2) is 28.3 Å². The summed E-state index contributed by atoms with van der Waals surface area (Å²) in [6.07, 6.45) is 4.96. The number of hydrogen-bond acceptors (Lipinski definition) is 3. The standard InChI is InChI=1S/C22H23FN4O/c23-18-11-9-16(10-12-18)21-17(14-25-22(28)20-8-4-5-13-24-20)15-27(26-21)19-6-2-1-3-7-19/h1-3,6-7,9-12,15,20,24H,4-5,8,13-14H2,(H,25,28). The van der Waals surface area contributed by atoms with Gasteiger partial charge < -0.3 is 10.6 Å². The number of nitrogens with one attached hydrogen (secondary N) is 2. The first-order valence-corrected chi connectivity index (χ1v) is 9.62. The molecule has 2 heterocycles. The summed E-state index contributed by atoms with van der Waals surface area (Å²) in [7, 11) is 0. The number of hydrogen-bond donors (Lipinski definition) is 2. The van der Waals surface area contributed by atoms with E-state index in [1.165, 1.54) is 12.1 Å². The molecule has 1 aromatic heterocycles. The first-order chi connectivity index (χ1) is 13.7. The van der Waals surface area contributed by atoms with Crippen molar-refractivity contribution in [3.8, 4) is 16.9 Å². The van der Waals surface area contributed by atoms with Crippen LogP contribution < -0.4 is 10.6 Å². The fourth-order valence-corrected chi connectivity index (χ4v) is 3.48. The van der Waals surface area contributed by atoms with Crippen LogP contribution in [0.25, 0.3) is 16.9 Å². The summed E-state index contributed by atoms with van der Waals surface area (Å²) in [6, 6.07) is 15.9. The molecule has 1 unspecified atom stereocenters. The van der Waals surface area contributed by atoms with Gasteiger partial charge in [-0.2, -0.15) is 5.10 Å². The van der Waals surface area contributed by atoms with E-state index in [4.69, 9.17) is 5.10 Å². The molecule has 4 rings (SSSR count). The molecule has 1 fully saturated rings. The Labute approximate surface area is 163 Å². The molecular formula is C22H23FN4O. The number of aromatic nitrogens is 2. The van der Waals surface area contributed by atoms with Crippen LogP contribution in [0.15, 0.2) is 60.8 Å². The average molecular weight is 378 g/mol. The molecular weight excluding hydrogens is 355 g/mol. The monoisotopic (exact) mass is 378 g/mol. The van der Waals surface area contributed by atoms with Gasteiger partial charge in [0.15, 0.2) is 0 Å². The van der Waals surface area contributed by atoms with Gasteiger partial charge in [-0.3, -0.25) is 4.79 Å². The zero-order valence-electron chi connectivity index (χ0n) is 15.6. The van der Waals surface area contributed by atoms with Gasteiger partial charge in [0, 0.05) is 23.9 Å². The SMILES string of the molecule is O=C(NCc1cn(-c2ccccc2)nc1-c1ccc(F)cc1)C1CCCCN1. The first-order valence-electron chi connectivity index (χ1n) is 9.62. The van der Waals surface area contributed by atoms with E-state index >= 15 is 0 Å². The Morgan fingerprint density at radius 2 is 1.93 bits per heavy atom.